The van der Waals surface area contributed by atoms with Crippen molar-refractivity contribution in [3.05, 3.63) is 58.9 Å². The first-order valence-electron chi connectivity index (χ1n) is 8.67. The standard InChI is InChI=1S/C19H22ClFN2O4S/c1-13(2)27-11-3-10-22-28(25,26)16-8-9-18(17(21)12-16)23-19(24)14-4-6-15(20)7-5-14/h4-9,12-13,22H,3,10-11H2,1-2H3,(H,23,24). The summed E-state index contributed by atoms with van der Waals surface area (Å²) in [5.74, 6) is -1.39. The predicted molar refractivity (Wildman–Crippen MR) is 107 cm³/mol. The monoisotopic (exact) mass is 428 g/mol. The number of carbonyl (C=O) groups is 1. The molecule has 6 nitrogen and oxygen atoms in total. The first-order valence-corrected chi connectivity index (χ1v) is 10.5. The van der Waals surface area contributed by atoms with Crippen molar-refractivity contribution in [3.8, 4) is 0 Å². The summed E-state index contributed by atoms with van der Waals surface area (Å²) < 4.78 is 46.5. The van der Waals surface area contributed by atoms with Gasteiger partial charge in [0.15, 0.2) is 0 Å². The number of benzene rings is 2. The average molecular weight is 429 g/mol. The van der Waals surface area contributed by atoms with E-state index in [1.165, 1.54) is 24.3 Å². The van der Waals surface area contributed by atoms with Crippen molar-refractivity contribution >= 4 is 33.2 Å². The molecule has 2 N–H and O–H groups in total. The number of nitrogens with one attached hydrogen (secondary N) is 2. The van der Waals surface area contributed by atoms with Crippen molar-refractivity contribution in [1.29, 1.82) is 0 Å². The Kier molecular flexibility index (Phi) is 7.94. The molecule has 0 atom stereocenters. The molecular weight excluding hydrogens is 407 g/mol. The van der Waals surface area contributed by atoms with Crippen molar-refractivity contribution in [1.82, 2.24) is 4.72 Å². The van der Waals surface area contributed by atoms with E-state index in [1.807, 2.05) is 13.8 Å². The van der Waals surface area contributed by atoms with E-state index in [9.17, 15) is 17.6 Å². The van der Waals surface area contributed by atoms with Crippen LogP contribution in [0, 0.1) is 5.82 Å². The largest absolute Gasteiger partial charge is 0.379 e. The lowest BCUT2D eigenvalue weighted by atomic mass is 10.2. The van der Waals surface area contributed by atoms with E-state index in [4.69, 9.17) is 16.3 Å². The van der Waals surface area contributed by atoms with Crippen LogP contribution in [-0.2, 0) is 14.8 Å². The zero-order valence-corrected chi connectivity index (χ0v) is 17.1. The summed E-state index contributed by atoms with van der Waals surface area (Å²) in [7, 11) is -3.86. The first-order chi connectivity index (χ1) is 13.2. The highest BCUT2D eigenvalue weighted by Gasteiger charge is 2.17. The molecule has 0 fully saturated rings. The fourth-order valence-electron chi connectivity index (χ4n) is 2.24. The maximum absolute atomic E-state index is 14.3. The number of ether oxygens (including phenoxy) is 1. The van der Waals surface area contributed by atoms with Gasteiger partial charge in [-0.1, -0.05) is 11.6 Å². The molecule has 0 saturated heterocycles. The van der Waals surface area contributed by atoms with Crippen molar-refractivity contribution in [2.24, 2.45) is 0 Å². The van der Waals surface area contributed by atoms with Gasteiger partial charge in [0.2, 0.25) is 10.0 Å². The minimum absolute atomic E-state index is 0.0707. The van der Waals surface area contributed by atoms with E-state index in [1.54, 1.807) is 12.1 Å². The molecule has 0 saturated carbocycles. The molecule has 152 valence electrons. The molecule has 0 aliphatic carbocycles. The van der Waals surface area contributed by atoms with Gasteiger partial charge in [0.1, 0.15) is 5.82 Å². The Hall–Kier alpha value is -2.00. The molecule has 0 spiro atoms. The van der Waals surface area contributed by atoms with Crippen LogP contribution in [0.1, 0.15) is 30.6 Å². The minimum Gasteiger partial charge on any atom is -0.379 e. The summed E-state index contributed by atoms with van der Waals surface area (Å²) in [5, 5.41) is 2.88. The SMILES string of the molecule is CC(C)OCCCNS(=O)(=O)c1ccc(NC(=O)c2ccc(Cl)cc2)c(F)c1. The average Bonchev–Trinajstić information content (AvgIpc) is 2.63. The van der Waals surface area contributed by atoms with Crippen LogP contribution in [0.15, 0.2) is 47.4 Å². The van der Waals surface area contributed by atoms with E-state index in [2.05, 4.69) is 10.0 Å². The van der Waals surface area contributed by atoms with Crippen molar-refractivity contribution in [3.63, 3.8) is 0 Å². The zero-order chi connectivity index (χ0) is 20.7. The fourth-order valence-corrected chi connectivity index (χ4v) is 3.45. The third-order valence-corrected chi connectivity index (χ3v) is 5.38. The lowest BCUT2D eigenvalue weighted by molar-refractivity contribution is 0.0778. The highest BCUT2D eigenvalue weighted by molar-refractivity contribution is 7.89. The molecule has 2 rings (SSSR count). The maximum atomic E-state index is 14.3. The number of anilines is 1. The molecule has 0 aliphatic heterocycles. The van der Waals surface area contributed by atoms with Gasteiger partial charge < -0.3 is 10.1 Å². The molecule has 0 radical (unpaired) electrons. The Balaban J connectivity index is 2.00. The number of amides is 1. The molecule has 9 heteroatoms. The van der Waals surface area contributed by atoms with Gasteiger partial charge in [-0.05, 0) is 62.7 Å². The highest BCUT2D eigenvalue weighted by atomic mass is 35.5. The predicted octanol–water partition coefficient (Wildman–Crippen LogP) is 3.82. The third kappa shape index (κ3) is 6.56. The van der Waals surface area contributed by atoms with Crippen LogP contribution in [-0.4, -0.2) is 33.6 Å². The number of sulfonamides is 1. The van der Waals surface area contributed by atoms with Gasteiger partial charge in [0, 0.05) is 23.7 Å². The van der Waals surface area contributed by atoms with Gasteiger partial charge in [-0.15, -0.1) is 0 Å². The summed E-state index contributed by atoms with van der Waals surface area (Å²) in [6.45, 7) is 4.37. The van der Waals surface area contributed by atoms with E-state index in [0.717, 1.165) is 6.07 Å². The van der Waals surface area contributed by atoms with Gasteiger partial charge >= 0.3 is 0 Å². The van der Waals surface area contributed by atoms with Crippen LogP contribution in [0.25, 0.3) is 0 Å². The Morgan fingerprint density at radius 1 is 1.18 bits per heavy atom. The van der Waals surface area contributed by atoms with E-state index in [0.29, 0.717) is 23.6 Å². The molecule has 2 aromatic rings. The summed E-state index contributed by atoms with van der Waals surface area (Å²) >= 11 is 5.77. The zero-order valence-electron chi connectivity index (χ0n) is 15.5. The number of rotatable bonds is 9. The Labute approximate surface area is 169 Å². The van der Waals surface area contributed by atoms with Gasteiger partial charge in [0.25, 0.3) is 5.91 Å². The first kappa shape index (κ1) is 22.3. The summed E-state index contributed by atoms with van der Waals surface area (Å²) in [4.78, 5) is 11.9. The van der Waals surface area contributed by atoms with Crippen LogP contribution in [0.5, 0.6) is 0 Å². The molecule has 0 unspecified atom stereocenters. The lowest BCUT2D eigenvalue weighted by Gasteiger charge is -2.11. The normalized spacial score (nSPS) is 11.6. The van der Waals surface area contributed by atoms with Crippen LogP contribution in [0.4, 0.5) is 10.1 Å². The van der Waals surface area contributed by atoms with E-state index < -0.39 is 21.7 Å². The molecule has 0 heterocycles. The van der Waals surface area contributed by atoms with Crippen molar-refractivity contribution in [2.45, 2.75) is 31.3 Å². The van der Waals surface area contributed by atoms with Crippen LogP contribution >= 0.6 is 11.6 Å². The second-order valence-corrected chi connectivity index (χ2v) is 8.48. The topological polar surface area (TPSA) is 84.5 Å². The summed E-state index contributed by atoms with van der Waals surface area (Å²) in [6, 6.07) is 9.39. The van der Waals surface area contributed by atoms with Crippen LogP contribution < -0.4 is 10.0 Å². The Bertz CT molecular complexity index is 918. The second-order valence-electron chi connectivity index (χ2n) is 6.27. The van der Waals surface area contributed by atoms with Crippen molar-refractivity contribution in [2.75, 3.05) is 18.5 Å². The van der Waals surface area contributed by atoms with Gasteiger partial charge in [0.05, 0.1) is 16.7 Å². The third-order valence-electron chi connectivity index (χ3n) is 3.67. The van der Waals surface area contributed by atoms with E-state index >= 15 is 0 Å². The van der Waals surface area contributed by atoms with Gasteiger partial charge in [-0.25, -0.2) is 17.5 Å². The Morgan fingerprint density at radius 3 is 2.46 bits per heavy atom. The quantitative estimate of drug-likeness (QED) is 0.594. The second kappa shape index (κ2) is 9.97. The molecule has 0 aliphatic rings. The molecule has 1 amide bonds. The van der Waals surface area contributed by atoms with Crippen molar-refractivity contribution < 1.29 is 22.3 Å². The van der Waals surface area contributed by atoms with E-state index in [-0.39, 0.29) is 23.2 Å². The molecule has 28 heavy (non-hydrogen) atoms. The smallest absolute Gasteiger partial charge is 0.255 e. The van der Waals surface area contributed by atoms with Crippen LogP contribution in [0.2, 0.25) is 5.02 Å². The minimum atomic E-state index is -3.86. The van der Waals surface area contributed by atoms with Gasteiger partial charge in [-0.2, -0.15) is 0 Å². The number of hydrogen-bond donors (Lipinski definition) is 2. The van der Waals surface area contributed by atoms with Gasteiger partial charge in [-0.3, -0.25) is 4.79 Å². The highest BCUT2D eigenvalue weighted by Crippen LogP contribution is 2.20. The maximum Gasteiger partial charge on any atom is 0.255 e. The lowest BCUT2D eigenvalue weighted by Crippen LogP contribution is -2.26. The molecule has 2 aromatic carbocycles. The summed E-state index contributed by atoms with van der Waals surface area (Å²) in [5.41, 5.74) is 0.176. The fraction of sp³-hybridized carbons (Fsp3) is 0.316. The number of halogens is 2. The molecule has 0 aromatic heterocycles. The molecular formula is C19H22ClFN2O4S. The van der Waals surface area contributed by atoms with Crippen LogP contribution in [0.3, 0.4) is 0 Å². The number of carbonyl (C=O) groups excluding carboxylic acids is 1. The molecule has 0 bridgehead atoms. The summed E-state index contributed by atoms with van der Waals surface area (Å²) in [6.07, 6.45) is 0.566. The Morgan fingerprint density at radius 2 is 1.86 bits per heavy atom. The number of hydrogen-bond acceptors (Lipinski definition) is 4.